The summed E-state index contributed by atoms with van der Waals surface area (Å²) in [6, 6.07) is 15.2. The van der Waals surface area contributed by atoms with Gasteiger partial charge in [-0.25, -0.2) is 0 Å². The van der Waals surface area contributed by atoms with Crippen molar-refractivity contribution in [1.82, 2.24) is 4.90 Å². The number of hydrogen-bond donors (Lipinski definition) is 1. The molecule has 0 aliphatic carbocycles. The van der Waals surface area contributed by atoms with Gasteiger partial charge in [-0.1, -0.05) is 35.4 Å². The van der Waals surface area contributed by atoms with Gasteiger partial charge in [-0.2, -0.15) is 0 Å². The van der Waals surface area contributed by atoms with Gasteiger partial charge in [0.1, 0.15) is 5.75 Å². The summed E-state index contributed by atoms with van der Waals surface area (Å²) in [6.45, 7) is 4.28. The van der Waals surface area contributed by atoms with Crippen molar-refractivity contribution in [2.24, 2.45) is 0 Å². The summed E-state index contributed by atoms with van der Waals surface area (Å²) >= 11 is 0. The number of ether oxygens (including phenoxy) is 1. The van der Waals surface area contributed by atoms with Crippen molar-refractivity contribution >= 4 is 17.5 Å². The lowest BCUT2D eigenvalue weighted by molar-refractivity contribution is -0.133. The van der Waals surface area contributed by atoms with Crippen molar-refractivity contribution < 1.29 is 14.3 Å². The van der Waals surface area contributed by atoms with E-state index in [9.17, 15) is 9.59 Å². The molecule has 0 fully saturated rings. The Morgan fingerprint density at radius 1 is 0.960 bits per heavy atom. The van der Waals surface area contributed by atoms with Crippen LogP contribution in [0.1, 0.15) is 17.5 Å². The molecule has 2 rings (SSSR count). The zero-order valence-corrected chi connectivity index (χ0v) is 14.9. The number of anilines is 1. The third-order valence-electron chi connectivity index (χ3n) is 3.75. The molecule has 0 saturated carbocycles. The third-order valence-corrected chi connectivity index (χ3v) is 3.75. The lowest BCUT2D eigenvalue weighted by atomic mass is 10.2. The smallest absolute Gasteiger partial charge is 0.243 e. The van der Waals surface area contributed by atoms with Crippen LogP contribution in [0.2, 0.25) is 0 Å². The van der Waals surface area contributed by atoms with Crippen LogP contribution in [-0.2, 0) is 9.59 Å². The number of hydrogen-bond acceptors (Lipinski definition) is 3. The molecular weight excluding hydrogens is 316 g/mol. The molecule has 0 radical (unpaired) electrons. The SMILES string of the molecule is Cc1ccc(NC(=O)CN(C)C(=O)CCOc2ccc(C)cc2)cc1. The van der Waals surface area contributed by atoms with Crippen LogP contribution in [0.15, 0.2) is 48.5 Å². The summed E-state index contributed by atoms with van der Waals surface area (Å²) in [5.74, 6) is 0.378. The zero-order valence-electron chi connectivity index (χ0n) is 14.9. The van der Waals surface area contributed by atoms with Crippen LogP contribution in [0.4, 0.5) is 5.69 Å². The maximum Gasteiger partial charge on any atom is 0.243 e. The minimum Gasteiger partial charge on any atom is -0.493 e. The molecule has 0 aliphatic heterocycles. The van der Waals surface area contributed by atoms with Crippen molar-refractivity contribution in [2.75, 3.05) is 25.5 Å². The van der Waals surface area contributed by atoms with Gasteiger partial charge in [-0.15, -0.1) is 0 Å². The molecule has 132 valence electrons. The molecule has 1 N–H and O–H groups in total. The Hall–Kier alpha value is -2.82. The van der Waals surface area contributed by atoms with Crippen LogP contribution in [0.5, 0.6) is 5.75 Å². The second-order valence-corrected chi connectivity index (χ2v) is 6.08. The maximum absolute atomic E-state index is 12.1. The van der Waals surface area contributed by atoms with Crippen LogP contribution in [0.3, 0.4) is 0 Å². The number of aryl methyl sites for hydroxylation is 2. The fourth-order valence-electron chi connectivity index (χ4n) is 2.22. The fraction of sp³-hybridized carbons (Fsp3) is 0.300. The van der Waals surface area contributed by atoms with E-state index >= 15 is 0 Å². The van der Waals surface area contributed by atoms with Gasteiger partial charge in [0.05, 0.1) is 19.6 Å². The number of rotatable bonds is 7. The van der Waals surface area contributed by atoms with E-state index in [1.807, 2.05) is 62.4 Å². The van der Waals surface area contributed by atoms with Gasteiger partial charge in [-0.3, -0.25) is 9.59 Å². The van der Waals surface area contributed by atoms with Gasteiger partial charge < -0.3 is 15.0 Å². The number of carbonyl (C=O) groups is 2. The quantitative estimate of drug-likeness (QED) is 0.842. The summed E-state index contributed by atoms with van der Waals surface area (Å²) in [7, 11) is 1.61. The molecule has 0 heterocycles. The first-order valence-corrected chi connectivity index (χ1v) is 8.24. The van der Waals surface area contributed by atoms with Crippen molar-refractivity contribution in [2.45, 2.75) is 20.3 Å². The molecule has 0 saturated heterocycles. The summed E-state index contributed by atoms with van der Waals surface area (Å²) < 4.78 is 5.55. The Kier molecular flexibility index (Phi) is 6.57. The average molecular weight is 340 g/mol. The van der Waals surface area contributed by atoms with Crippen LogP contribution in [0, 0.1) is 13.8 Å². The van der Waals surface area contributed by atoms with E-state index in [1.165, 1.54) is 4.90 Å². The van der Waals surface area contributed by atoms with Crippen molar-refractivity contribution in [3.8, 4) is 5.75 Å². The van der Waals surface area contributed by atoms with E-state index in [-0.39, 0.29) is 31.4 Å². The predicted molar refractivity (Wildman–Crippen MR) is 98.7 cm³/mol. The van der Waals surface area contributed by atoms with Crippen LogP contribution >= 0.6 is 0 Å². The highest BCUT2D eigenvalue weighted by molar-refractivity contribution is 5.94. The minimum absolute atomic E-state index is 0.0112. The number of nitrogens with one attached hydrogen (secondary N) is 1. The summed E-state index contributed by atoms with van der Waals surface area (Å²) in [4.78, 5) is 25.5. The first-order valence-electron chi connectivity index (χ1n) is 8.24. The highest BCUT2D eigenvalue weighted by atomic mass is 16.5. The largest absolute Gasteiger partial charge is 0.493 e. The average Bonchev–Trinajstić information content (AvgIpc) is 2.58. The van der Waals surface area contributed by atoms with Gasteiger partial charge in [0, 0.05) is 12.7 Å². The molecule has 0 aliphatic rings. The summed E-state index contributed by atoms with van der Waals surface area (Å²) in [5, 5.41) is 2.78. The maximum atomic E-state index is 12.1. The molecule has 2 aromatic rings. The lowest BCUT2D eigenvalue weighted by Gasteiger charge is -2.17. The summed E-state index contributed by atoms with van der Waals surface area (Å²) in [6.07, 6.45) is 0.224. The van der Waals surface area contributed by atoms with E-state index < -0.39 is 0 Å². The third kappa shape index (κ3) is 6.30. The first kappa shape index (κ1) is 18.5. The molecule has 5 nitrogen and oxygen atoms in total. The molecule has 0 bridgehead atoms. The first-order chi connectivity index (χ1) is 11.9. The Bertz CT molecular complexity index is 709. The van der Waals surface area contributed by atoms with Gasteiger partial charge in [0.25, 0.3) is 0 Å². The molecule has 0 aromatic heterocycles. The standard InChI is InChI=1S/C20H24N2O3/c1-15-4-8-17(9-5-15)21-19(23)14-22(3)20(24)12-13-25-18-10-6-16(2)7-11-18/h4-11H,12-14H2,1-3H3,(H,21,23). The molecule has 2 aromatic carbocycles. The molecule has 0 spiro atoms. The highest BCUT2D eigenvalue weighted by Crippen LogP contribution is 2.12. The summed E-state index contributed by atoms with van der Waals surface area (Å²) in [5.41, 5.74) is 3.00. The molecule has 5 heteroatoms. The Morgan fingerprint density at radius 3 is 2.12 bits per heavy atom. The van der Waals surface area contributed by atoms with Crippen LogP contribution in [-0.4, -0.2) is 36.9 Å². The normalized spacial score (nSPS) is 10.2. The molecule has 0 atom stereocenters. The van der Waals surface area contributed by atoms with Crippen LogP contribution in [0.25, 0.3) is 0 Å². The number of amides is 2. The molecular formula is C20H24N2O3. The van der Waals surface area contributed by atoms with E-state index in [1.54, 1.807) is 7.05 Å². The van der Waals surface area contributed by atoms with E-state index in [4.69, 9.17) is 4.74 Å². The van der Waals surface area contributed by atoms with Crippen molar-refractivity contribution in [3.05, 3.63) is 59.7 Å². The van der Waals surface area contributed by atoms with Crippen LogP contribution < -0.4 is 10.1 Å². The van der Waals surface area contributed by atoms with Gasteiger partial charge in [0.2, 0.25) is 11.8 Å². The topological polar surface area (TPSA) is 58.6 Å². The number of nitrogens with zero attached hydrogens (tertiary/aromatic N) is 1. The minimum atomic E-state index is -0.223. The van der Waals surface area contributed by atoms with Gasteiger partial charge >= 0.3 is 0 Å². The second kappa shape index (κ2) is 8.87. The highest BCUT2D eigenvalue weighted by Gasteiger charge is 2.13. The van der Waals surface area contributed by atoms with E-state index in [0.29, 0.717) is 0 Å². The predicted octanol–water partition coefficient (Wildman–Crippen LogP) is 3.17. The Morgan fingerprint density at radius 2 is 1.52 bits per heavy atom. The van der Waals surface area contributed by atoms with E-state index in [2.05, 4.69) is 5.32 Å². The Balaban J connectivity index is 1.72. The number of benzene rings is 2. The second-order valence-electron chi connectivity index (χ2n) is 6.08. The number of carbonyl (C=O) groups excluding carboxylic acids is 2. The monoisotopic (exact) mass is 340 g/mol. The van der Waals surface area contributed by atoms with Crippen molar-refractivity contribution in [1.29, 1.82) is 0 Å². The van der Waals surface area contributed by atoms with E-state index in [0.717, 1.165) is 22.6 Å². The van der Waals surface area contributed by atoms with Gasteiger partial charge in [0.15, 0.2) is 0 Å². The molecule has 0 unspecified atom stereocenters. The molecule has 25 heavy (non-hydrogen) atoms. The Labute approximate surface area is 148 Å². The number of likely N-dealkylation sites (N-methyl/N-ethyl adjacent to an activating group) is 1. The zero-order chi connectivity index (χ0) is 18.2. The van der Waals surface area contributed by atoms with Crippen molar-refractivity contribution in [3.63, 3.8) is 0 Å². The molecule has 2 amide bonds. The fourth-order valence-corrected chi connectivity index (χ4v) is 2.22. The van der Waals surface area contributed by atoms with Gasteiger partial charge in [-0.05, 0) is 38.1 Å². The lowest BCUT2D eigenvalue weighted by Crippen LogP contribution is -2.35.